The van der Waals surface area contributed by atoms with Crippen molar-refractivity contribution < 1.29 is 9.84 Å². The van der Waals surface area contributed by atoms with Crippen molar-refractivity contribution in [2.45, 2.75) is 6.10 Å². The molecule has 2 aromatic carbocycles. The maximum absolute atomic E-state index is 10.2. The van der Waals surface area contributed by atoms with Crippen LogP contribution in [-0.4, -0.2) is 28.7 Å². The number of rotatable bonds is 6. The van der Waals surface area contributed by atoms with E-state index in [9.17, 15) is 5.11 Å². The van der Waals surface area contributed by atoms with Gasteiger partial charge in [-0.15, -0.1) is 0 Å². The van der Waals surface area contributed by atoms with Crippen molar-refractivity contribution in [3.05, 3.63) is 71.5 Å². The molecule has 6 heteroatoms. The largest absolute Gasteiger partial charge is 0.495 e. The average molecular weight is 356 g/mol. The van der Waals surface area contributed by atoms with Gasteiger partial charge >= 0.3 is 0 Å². The second-order valence-corrected chi connectivity index (χ2v) is 5.85. The van der Waals surface area contributed by atoms with Gasteiger partial charge in [0.1, 0.15) is 17.9 Å². The van der Waals surface area contributed by atoms with Crippen LogP contribution in [0.25, 0.3) is 11.3 Å². The highest BCUT2D eigenvalue weighted by Gasteiger charge is 2.09. The SMILES string of the molecule is COc1ccc(-c2cc(NCC(O)c3ccccc3)ncn2)cc1Cl. The van der Waals surface area contributed by atoms with E-state index in [0.29, 0.717) is 23.1 Å². The molecule has 0 radical (unpaired) electrons. The van der Waals surface area contributed by atoms with Gasteiger partial charge in [0.05, 0.1) is 23.9 Å². The van der Waals surface area contributed by atoms with E-state index in [-0.39, 0.29) is 0 Å². The molecule has 1 aromatic heterocycles. The minimum atomic E-state index is -0.616. The highest BCUT2D eigenvalue weighted by molar-refractivity contribution is 6.32. The van der Waals surface area contributed by atoms with Gasteiger partial charge in [-0.05, 0) is 23.8 Å². The summed E-state index contributed by atoms with van der Waals surface area (Å²) in [5, 5.41) is 13.9. The van der Waals surface area contributed by atoms with Crippen LogP contribution in [0.4, 0.5) is 5.82 Å². The molecule has 0 aliphatic heterocycles. The Morgan fingerprint density at radius 2 is 1.92 bits per heavy atom. The summed E-state index contributed by atoms with van der Waals surface area (Å²) in [5.41, 5.74) is 2.45. The lowest BCUT2D eigenvalue weighted by Gasteiger charge is -2.13. The van der Waals surface area contributed by atoms with Crippen molar-refractivity contribution >= 4 is 17.4 Å². The summed E-state index contributed by atoms with van der Waals surface area (Å²) in [6.07, 6.45) is 0.861. The van der Waals surface area contributed by atoms with Crippen LogP contribution in [0.5, 0.6) is 5.75 Å². The Kier molecular flexibility index (Phi) is 5.48. The molecule has 2 N–H and O–H groups in total. The molecule has 0 saturated carbocycles. The predicted octanol–water partition coefficient (Wildman–Crippen LogP) is 3.95. The Morgan fingerprint density at radius 3 is 2.64 bits per heavy atom. The Hall–Kier alpha value is -2.63. The van der Waals surface area contributed by atoms with E-state index in [2.05, 4.69) is 15.3 Å². The molecular formula is C19H18ClN3O2. The summed E-state index contributed by atoms with van der Waals surface area (Å²) in [6.45, 7) is 0.351. The van der Waals surface area contributed by atoms with Crippen LogP contribution in [0.2, 0.25) is 5.02 Å². The van der Waals surface area contributed by atoms with Gasteiger partial charge in [-0.3, -0.25) is 0 Å². The van der Waals surface area contributed by atoms with E-state index in [4.69, 9.17) is 16.3 Å². The molecule has 3 aromatic rings. The third-order valence-electron chi connectivity index (χ3n) is 3.78. The topological polar surface area (TPSA) is 67.3 Å². The molecule has 5 nitrogen and oxygen atoms in total. The van der Waals surface area contributed by atoms with Gasteiger partial charge in [-0.1, -0.05) is 41.9 Å². The van der Waals surface area contributed by atoms with E-state index in [1.807, 2.05) is 42.5 Å². The predicted molar refractivity (Wildman–Crippen MR) is 98.9 cm³/mol. The molecule has 0 saturated heterocycles. The van der Waals surface area contributed by atoms with E-state index in [1.54, 1.807) is 19.2 Å². The quantitative estimate of drug-likeness (QED) is 0.700. The number of aliphatic hydroxyl groups is 1. The molecule has 1 heterocycles. The molecule has 0 aliphatic carbocycles. The minimum Gasteiger partial charge on any atom is -0.495 e. The number of nitrogens with one attached hydrogen (secondary N) is 1. The lowest BCUT2D eigenvalue weighted by molar-refractivity contribution is 0.191. The average Bonchev–Trinajstić information content (AvgIpc) is 2.67. The van der Waals surface area contributed by atoms with E-state index >= 15 is 0 Å². The first-order valence-electron chi connectivity index (χ1n) is 7.80. The number of aromatic nitrogens is 2. The normalized spacial score (nSPS) is 11.8. The first kappa shape index (κ1) is 17.2. The van der Waals surface area contributed by atoms with Crippen LogP contribution in [0.1, 0.15) is 11.7 Å². The fourth-order valence-corrected chi connectivity index (χ4v) is 2.69. The van der Waals surface area contributed by atoms with Crippen LogP contribution in [0.15, 0.2) is 60.9 Å². The minimum absolute atomic E-state index is 0.351. The van der Waals surface area contributed by atoms with Crippen LogP contribution in [0.3, 0.4) is 0 Å². The van der Waals surface area contributed by atoms with Crippen LogP contribution < -0.4 is 10.1 Å². The van der Waals surface area contributed by atoms with Gasteiger partial charge < -0.3 is 15.2 Å². The van der Waals surface area contributed by atoms with Crippen molar-refractivity contribution in [1.29, 1.82) is 0 Å². The molecular weight excluding hydrogens is 338 g/mol. The summed E-state index contributed by atoms with van der Waals surface area (Å²) >= 11 is 6.17. The highest BCUT2D eigenvalue weighted by Crippen LogP contribution is 2.29. The van der Waals surface area contributed by atoms with E-state index < -0.39 is 6.10 Å². The number of hydrogen-bond acceptors (Lipinski definition) is 5. The number of methoxy groups -OCH3 is 1. The summed E-state index contributed by atoms with van der Waals surface area (Å²) in [6, 6.07) is 16.8. The summed E-state index contributed by atoms with van der Waals surface area (Å²) in [4.78, 5) is 8.47. The first-order valence-corrected chi connectivity index (χ1v) is 8.18. The maximum Gasteiger partial charge on any atom is 0.137 e. The zero-order valence-corrected chi connectivity index (χ0v) is 14.4. The van der Waals surface area contributed by atoms with Crippen molar-refractivity contribution in [2.24, 2.45) is 0 Å². The number of halogens is 1. The molecule has 25 heavy (non-hydrogen) atoms. The summed E-state index contributed by atoms with van der Waals surface area (Å²) in [5.74, 6) is 1.25. The van der Waals surface area contributed by atoms with Gasteiger partial charge in [0.15, 0.2) is 0 Å². The van der Waals surface area contributed by atoms with Gasteiger partial charge in [0, 0.05) is 18.2 Å². The van der Waals surface area contributed by atoms with Crippen molar-refractivity contribution in [3.63, 3.8) is 0 Å². The summed E-state index contributed by atoms with van der Waals surface area (Å²) in [7, 11) is 1.58. The fourth-order valence-electron chi connectivity index (χ4n) is 2.43. The van der Waals surface area contributed by atoms with E-state index in [1.165, 1.54) is 6.33 Å². The zero-order valence-electron chi connectivity index (χ0n) is 13.7. The monoisotopic (exact) mass is 355 g/mol. The third kappa shape index (κ3) is 4.26. The Labute approximate surface area is 151 Å². The lowest BCUT2D eigenvalue weighted by atomic mass is 10.1. The smallest absolute Gasteiger partial charge is 0.137 e. The number of hydrogen-bond donors (Lipinski definition) is 2. The highest BCUT2D eigenvalue weighted by atomic mass is 35.5. The van der Waals surface area contributed by atoms with Crippen LogP contribution in [0, 0.1) is 0 Å². The molecule has 1 atom stereocenters. The fraction of sp³-hybridized carbons (Fsp3) is 0.158. The number of anilines is 1. The number of ether oxygens (including phenoxy) is 1. The van der Waals surface area contributed by atoms with Crippen molar-refractivity contribution in [3.8, 4) is 17.0 Å². The van der Waals surface area contributed by atoms with Gasteiger partial charge in [-0.25, -0.2) is 9.97 Å². The summed E-state index contributed by atoms with van der Waals surface area (Å²) < 4.78 is 5.16. The maximum atomic E-state index is 10.2. The number of aliphatic hydroxyl groups excluding tert-OH is 1. The molecule has 0 fully saturated rings. The number of nitrogens with zero attached hydrogens (tertiary/aromatic N) is 2. The van der Waals surface area contributed by atoms with E-state index in [0.717, 1.165) is 16.8 Å². The second kappa shape index (κ2) is 7.96. The molecule has 1 unspecified atom stereocenters. The second-order valence-electron chi connectivity index (χ2n) is 5.45. The molecule has 0 bridgehead atoms. The van der Waals surface area contributed by atoms with Gasteiger partial charge in [0.25, 0.3) is 0 Å². The zero-order chi connectivity index (χ0) is 17.6. The molecule has 0 amide bonds. The molecule has 128 valence electrons. The lowest BCUT2D eigenvalue weighted by Crippen LogP contribution is -2.13. The van der Waals surface area contributed by atoms with Crippen LogP contribution in [-0.2, 0) is 0 Å². The van der Waals surface area contributed by atoms with Crippen molar-refractivity contribution in [1.82, 2.24) is 9.97 Å². The Morgan fingerprint density at radius 1 is 1.12 bits per heavy atom. The number of benzene rings is 2. The Balaban J connectivity index is 1.72. The van der Waals surface area contributed by atoms with Crippen molar-refractivity contribution in [2.75, 3.05) is 19.0 Å². The molecule has 0 spiro atoms. The first-order chi connectivity index (χ1) is 12.2. The molecule has 0 aliphatic rings. The van der Waals surface area contributed by atoms with Crippen LogP contribution >= 0.6 is 11.6 Å². The molecule has 3 rings (SSSR count). The van der Waals surface area contributed by atoms with Gasteiger partial charge in [0.2, 0.25) is 0 Å². The standard InChI is InChI=1S/C19H18ClN3O2/c1-25-18-8-7-14(9-15(18)20)16-10-19(23-12-22-16)21-11-17(24)13-5-3-2-4-6-13/h2-10,12,17,24H,11H2,1H3,(H,21,22,23). The third-order valence-corrected chi connectivity index (χ3v) is 4.07. The van der Waals surface area contributed by atoms with Gasteiger partial charge in [-0.2, -0.15) is 0 Å². The Bertz CT molecular complexity index is 843.